The summed E-state index contributed by atoms with van der Waals surface area (Å²) in [5.74, 6) is 0.963. The summed E-state index contributed by atoms with van der Waals surface area (Å²) in [5.41, 5.74) is 0. The number of ether oxygens (including phenoxy) is 1. The number of hydrogen-bond acceptors (Lipinski definition) is 4. The van der Waals surface area contributed by atoms with Crippen LogP contribution >= 0.6 is 0 Å². The zero-order valence-corrected chi connectivity index (χ0v) is 13.6. The molecule has 0 radical (unpaired) electrons. The quantitative estimate of drug-likeness (QED) is 0.235. The van der Waals surface area contributed by atoms with Crippen LogP contribution in [0.5, 0.6) is 0 Å². The molecule has 0 aromatic rings. The van der Waals surface area contributed by atoms with Gasteiger partial charge in [-0.15, -0.1) is 0 Å². The van der Waals surface area contributed by atoms with Crippen LogP contribution in [0.2, 0.25) is 0 Å². The summed E-state index contributed by atoms with van der Waals surface area (Å²) in [4.78, 5) is 26.9. The third-order valence-corrected chi connectivity index (χ3v) is 3.30. The van der Waals surface area contributed by atoms with Crippen LogP contribution in [0.25, 0.3) is 0 Å². The predicted octanol–water partition coefficient (Wildman–Crippen LogP) is 0.411. The summed E-state index contributed by atoms with van der Waals surface area (Å²) in [5, 5.41) is 9.23. The van der Waals surface area contributed by atoms with E-state index < -0.39 is 0 Å². The fourth-order valence-electron chi connectivity index (χ4n) is 1.87. The molecule has 1 fully saturated rings. The molecule has 126 valence electrons. The van der Waals surface area contributed by atoms with Crippen LogP contribution in [0.4, 0.5) is 0 Å². The van der Waals surface area contributed by atoms with E-state index in [1.807, 2.05) is 6.92 Å². The lowest BCUT2D eigenvalue weighted by Gasteiger charge is -2.11. The molecular weight excluding hydrogens is 284 g/mol. The molecule has 1 aliphatic rings. The molecule has 1 aliphatic carbocycles. The predicted molar refractivity (Wildman–Crippen MR) is 85.6 cm³/mol. The first-order chi connectivity index (χ1) is 10.7. The van der Waals surface area contributed by atoms with Crippen LogP contribution in [0.15, 0.2) is 4.99 Å². The highest BCUT2D eigenvalue weighted by atomic mass is 16.5. The second-order valence-corrected chi connectivity index (χ2v) is 5.29. The molecule has 0 aromatic heterocycles. The minimum absolute atomic E-state index is 0.159. The molecule has 0 heterocycles. The number of methoxy groups -OCH3 is 1. The van der Waals surface area contributed by atoms with Crippen LogP contribution < -0.4 is 16.0 Å². The topological polar surface area (TPSA) is 91.8 Å². The SMILES string of the molecule is CCNC(=NCCCCC(=O)OC)NCCNC(=O)C1CC1. The van der Waals surface area contributed by atoms with Crippen LogP contribution in [-0.4, -0.2) is 51.1 Å². The van der Waals surface area contributed by atoms with Gasteiger partial charge in [-0.3, -0.25) is 14.6 Å². The Morgan fingerprint density at radius 3 is 2.50 bits per heavy atom. The van der Waals surface area contributed by atoms with Gasteiger partial charge in [0.15, 0.2) is 5.96 Å². The highest BCUT2D eigenvalue weighted by molar-refractivity contribution is 5.81. The number of rotatable bonds is 10. The van der Waals surface area contributed by atoms with E-state index in [2.05, 4.69) is 25.7 Å². The minimum atomic E-state index is -0.180. The lowest BCUT2D eigenvalue weighted by atomic mass is 10.2. The Morgan fingerprint density at radius 1 is 1.14 bits per heavy atom. The van der Waals surface area contributed by atoms with Crippen molar-refractivity contribution in [3.8, 4) is 0 Å². The highest BCUT2D eigenvalue weighted by Crippen LogP contribution is 2.28. The van der Waals surface area contributed by atoms with Gasteiger partial charge in [-0.05, 0) is 32.6 Å². The van der Waals surface area contributed by atoms with Gasteiger partial charge in [0.1, 0.15) is 0 Å². The molecule has 0 aliphatic heterocycles. The summed E-state index contributed by atoms with van der Waals surface area (Å²) in [6.45, 7) is 4.68. The van der Waals surface area contributed by atoms with Gasteiger partial charge in [0.2, 0.25) is 5.91 Å². The van der Waals surface area contributed by atoms with Crippen molar-refractivity contribution < 1.29 is 14.3 Å². The molecule has 0 unspecified atom stereocenters. The average Bonchev–Trinajstić information content (AvgIpc) is 3.35. The highest BCUT2D eigenvalue weighted by Gasteiger charge is 2.28. The van der Waals surface area contributed by atoms with Crippen molar-refractivity contribution in [1.82, 2.24) is 16.0 Å². The van der Waals surface area contributed by atoms with Crippen LogP contribution in [0, 0.1) is 5.92 Å². The lowest BCUT2D eigenvalue weighted by molar-refractivity contribution is -0.140. The average molecular weight is 312 g/mol. The van der Waals surface area contributed by atoms with E-state index in [1.165, 1.54) is 7.11 Å². The molecule has 7 nitrogen and oxygen atoms in total. The van der Waals surface area contributed by atoms with E-state index in [-0.39, 0.29) is 17.8 Å². The summed E-state index contributed by atoms with van der Waals surface area (Å²) >= 11 is 0. The molecule has 1 rings (SSSR count). The summed E-state index contributed by atoms with van der Waals surface area (Å²) in [6.07, 6.45) is 4.09. The number of nitrogens with zero attached hydrogens (tertiary/aromatic N) is 1. The van der Waals surface area contributed by atoms with E-state index in [0.717, 1.165) is 38.2 Å². The number of nitrogens with one attached hydrogen (secondary N) is 3. The molecule has 0 bridgehead atoms. The van der Waals surface area contributed by atoms with E-state index in [9.17, 15) is 9.59 Å². The zero-order valence-electron chi connectivity index (χ0n) is 13.6. The van der Waals surface area contributed by atoms with Crippen molar-refractivity contribution in [3.05, 3.63) is 0 Å². The first kappa shape index (κ1) is 18.3. The molecule has 7 heteroatoms. The van der Waals surface area contributed by atoms with Gasteiger partial charge >= 0.3 is 5.97 Å². The molecule has 3 N–H and O–H groups in total. The number of esters is 1. The molecule has 0 saturated heterocycles. The number of carbonyl (C=O) groups excluding carboxylic acids is 2. The zero-order chi connectivity index (χ0) is 16.2. The van der Waals surface area contributed by atoms with Crippen LogP contribution in [0.1, 0.15) is 39.0 Å². The number of unbranched alkanes of at least 4 members (excludes halogenated alkanes) is 1. The van der Waals surface area contributed by atoms with Crippen molar-refractivity contribution in [2.75, 3.05) is 33.3 Å². The Labute approximate surface area is 132 Å². The van der Waals surface area contributed by atoms with E-state index in [0.29, 0.717) is 26.1 Å². The number of aliphatic imine (C=N–C) groups is 1. The van der Waals surface area contributed by atoms with E-state index >= 15 is 0 Å². The van der Waals surface area contributed by atoms with Gasteiger partial charge in [0.25, 0.3) is 0 Å². The number of hydrogen-bond donors (Lipinski definition) is 3. The fourth-order valence-corrected chi connectivity index (χ4v) is 1.87. The van der Waals surface area contributed by atoms with Gasteiger partial charge in [0.05, 0.1) is 7.11 Å². The normalized spacial score (nSPS) is 14.4. The largest absolute Gasteiger partial charge is 0.469 e. The Bertz CT molecular complexity index is 381. The Morgan fingerprint density at radius 2 is 1.86 bits per heavy atom. The first-order valence-corrected chi connectivity index (χ1v) is 8.04. The minimum Gasteiger partial charge on any atom is -0.469 e. The first-order valence-electron chi connectivity index (χ1n) is 8.04. The van der Waals surface area contributed by atoms with Crippen LogP contribution in [0.3, 0.4) is 0 Å². The monoisotopic (exact) mass is 312 g/mol. The fraction of sp³-hybridized carbons (Fsp3) is 0.800. The van der Waals surface area contributed by atoms with Crippen molar-refractivity contribution in [3.63, 3.8) is 0 Å². The second-order valence-electron chi connectivity index (χ2n) is 5.29. The van der Waals surface area contributed by atoms with Crippen molar-refractivity contribution >= 4 is 17.8 Å². The molecule has 0 aromatic carbocycles. The maximum Gasteiger partial charge on any atom is 0.305 e. The number of carbonyl (C=O) groups is 2. The van der Waals surface area contributed by atoms with Gasteiger partial charge in [-0.2, -0.15) is 0 Å². The summed E-state index contributed by atoms with van der Waals surface area (Å²) < 4.78 is 4.59. The van der Waals surface area contributed by atoms with Gasteiger partial charge in [-0.25, -0.2) is 0 Å². The van der Waals surface area contributed by atoms with Gasteiger partial charge in [-0.1, -0.05) is 0 Å². The third-order valence-electron chi connectivity index (χ3n) is 3.30. The molecule has 0 atom stereocenters. The number of guanidine groups is 1. The van der Waals surface area contributed by atoms with Crippen molar-refractivity contribution in [2.45, 2.75) is 39.0 Å². The van der Waals surface area contributed by atoms with Gasteiger partial charge in [0, 0.05) is 38.5 Å². The maximum absolute atomic E-state index is 11.5. The van der Waals surface area contributed by atoms with E-state index in [4.69, 9.17) is 0 Å². The Balaban J connectivity index is 2.12. The Kier molecular flexibility index (Phi) is 9.02. The Hall–Kier alpha value is -1.79. The third kappa shape index (κ3) is 8.49. The van der Waals surface area contributed by atoms with Crippen molar-refractivity contribution in [2.24, 2.45) is 10.9 Å². The standard InChI is InChI=1S/C15H28N4O3/c1-3-16-15(18-9-5-4-6-13(20)22-2)19-11-10-17-14(21)12-7-8-12/h12H,3-11H2,1-2H3,(H,17,21)(H2,16,18,19). The molecule has 0 spiro atoms. The maximum atomic E-state index is 11.5. The molecular formula is C15H28N4O3. The second kappa shape index (κ2) is 10.9. The van der Waals surface area contributed by atoms with Crippen LogP contribution in [-0.2, 0) is 14.3 Å². The molecule has 1 saturated carbocycles. The van der Waals surface area contributed by atoms with E-state index in [1.54, 1.807) is 0 Å². The molecule has 22 heavy (non-hydrogen) atoms. The number of amides is 1. The smallest absolute Gasteiger partial charge is 0.305 e. The van der Waals surface area contributed by atoms with Crippen molar-refractivity contribution in [1.29, 1.82) is 0 Å². The summed E-state index contributed by atoms with van der Waals surface area (Å²) in [6, 6.07) is 0. The summed E-state index contributed by atoms with van der Waals surface area (Å²) in [7, 11) is 1.40. The van der Waals surface area contributed by atoms with Gasteiger partial charge < -0.3 is 20.7 Å². The lowest BCUT2D eigenvalue weighted by Crippen LogP contribution is -2.41. The molecule has 1 amide bonds.